The van der Waals surface area contributed by atoms with Gasteiger partial charge in [-0.05, 0) is 43.0 Å². The highest BCUT2D eigenvalue weighted by atomic mass is 32.2. The highest BCUT2D eigenvalue weighted by Crippen LogP contribution is 2.36. The number of aryl methyl sites for hydroxylation is 2. The molecule has 31 heavy (non-hydrogen) atoms. The van der Waals surface area contributed by atoms with Crippen LogP contribution in [0.25, 0.3) is 21.7 Å². The molecule has 0 saturated heterocycles. The SMILES string of the molecule is COc1ccc(-c2nnc(CSc3nc4sc5c(c4c(=O)n3C)CCC5)o2)cc1OC. The average molecular weight is 457 g/mol. The van der Waals surface area contributed by atoms with Crippen molar-refractivity contribution in [1.29, 1.82) is 0 Å². The smallest absolute Gasteiger partial charge is 0.262 e. The van der Waals surface area contributed by atoms with Crippen LogP contribution in [-0.4, -0.2) is 34.0 Å². The molecular formula is C21H20N4O4S2. The van der Waals surface area contributed by atoms with Gasteiger partial charge in [0.25, 0.3) is 5.56 Å². The Kier molecular flexibility index (Phi) is 5.19. The van der Waals surface area contributed by atoms with Crippen LogP contribution in [0.5, 0.6) is 11.5 Å². The molecule has 0 saturated carbocycles. The van der Waals surface area contributed by atoms with E-state index in [0.29, 0.717) is 34.2 Å². The maximum atomic E-state index is 12.9. The molecule has 3 aromatic heterocycles. The molecule has 0 bridgehead atoms. The third-order valence-electron chi connectivity index (χ3n) is 5.33. The summed E-state index contributed by atoms with van der Waals surface area (Å²) >= 11 is 3.05. The monoisotopic (exact) mass is 456 g/mol. The number of fused-ring (bicyclic) bond motifs is 3. The first-order chi connectivity index (χ1) is 15.1. The summed E-state index contributed by atoms with van der Waals surface area (Å²) in [4.78, 5) is 19.8. The minimum atomic E-state index is 0.0171. The van der Waals surface area contributed by atoms with Crippen molar-refractivity contribution >= 4 is 33.3 Å². The van der Waals surface area contributed by atoms with Crippen molar-refractivity contribution in [2.45, 2.75) is 30.2 Å². The summed E-state index contributed by atoms with van der Waals surface area (Å²) in [7, 11) is 4.93. The Morgan fingerprint density at radius 2 is 2.03 bits per heavy atom. The van der Waals surface area contributed by atoms with Crippen LogP contribution in [0.2, 0.25) is 0 Å². The average Bonchev–Trinajstić information content (AvgIpc) is 3.50. The Labute approximate surface area is 186 Å². The Bertz CT molecular complexity index is 1340. The number of thioether (sulfide) groups is 1. The van der Waals surface area contributed by atoms with Crippen molar-refractivity contribution in [1.82, 2.24) is 19.7 Å². The number of methoxy groups -OCH3 is 2. The summed E-state index contributed by atoms with van der Waals surface area (Å²) in [5.74, 6) is 2.48. The van der Waals surface area contributed by atoms with Gasteiger partial charge >= 0.3 is 0 Å². The van der Waals surface area contributed by atoms with Gasteiger partial charge in [0.05, 0.1) is 25.4 Å². The van der Waals surface area contributed by atoms with Gasteiger partial charge in [-0.15, -0.1) is 21.5 Å². The molecule has 0 fully saturated rings. The highest BCUT2D eigenvalue weighted by molar-refractivity contribution is 7.98. The zero-order valence-corrected chi connectivity index (χ0v) is 18.9. The quantitative estimate of drug-likeness (QED) is 0.319. The van der Waals surface area contributed by atoms with E-state index in [1.54, 1.807) is 49.3 Å². The molecule has 10 heteroatoms. The molecule has 0 spiro atoms. The van der Waals surface area contributed by atoms with Crippen LogP contribution in [0.15, 0.2) is 32.6 Å². The van der Waals surface area contributed by atoms with Gasteiger partial charge in [-0.1, -0.05) is 11.8 Å². The van der Waals surface area contributed by atoms with E-state index in [-0.39, 0.29) is 5.56 Å². The molecule has 0 aliphatic heterocycles. The summed E-state index contributed by atoms with van der Waals surface area (Å²) in [5, 5.41) is 9.71. The van der Waals surface area contributed by atoms with E-state index >= 15 is 0 Å². The van der Waals surface area contributed by atoms with Crippen LogP contribution >= 0.6 is 23.1 Å². The highest BCUT2D eigenvalue weighted by Gasteiger charge is 2.22. The van der Waals surface area contributed by atoms with Crippen molar-refractivity contribution in [2.24, 2.45) is 7.05 Å². The van der Waals surface area contributed by atoms with Crippen molar-refractivity contribution in [3.8, 4) is 23.0 Å². The van der Waals surface area contributed by atoms with E-state index in [0.717, 1.165) is 35.0 Å². The first kappa shape index (κ1) is 20.1. The van der Waals surface area contributed by atoms with Crippen LogP contribution in [0.4, 0.5) is 0 Å². The van der Waals surface area contributed by atoms with E-state index in [1.165, 1.54) is 22.2 Å². The van der Waals surface area contributed by atoms with Gasteiger partial charge in [0.15, 0.2) is 16.7 Å². The lowest BCUT2D eigenvalue weighted by Crippen LogP contribution is -2.20. The molecule has 1 aromatic carbocycles. The Morgan fingerprint density at radius 3 is 2.84 bits per heavy atom. The zero-order chi connectivity index (χ0) is 21.5. The maximum Gasteiger partial charge on any atom is 0.262 e. The molecule has 0 amide bonds. The molecule has 0 unspecified atom stereocenters. The van der Waals surface area contributed by atoms with Crippen molar-refractivity contribution in [2.75, 3.05) is 14.2 Å². The number of rotatable bonds is 6. The van der Waals surface area contributed by atoms with Gasteiger partial charge < -0.3 is 13.9 Å². The molecular weight excluding hydrogens is 436 g/mol. The van der Waals surface area contributed by atoms with Crippen LogP contribution in [0, 0.1) is 0 Å². The molecule has 1 aliphatic carbocycles. The third kappa shape index (κ3) is 3.49. The second kappa shape index (κ2) is 8.01. The van der Waals surface area contributed by atoms with E-state index in [2.05, 4.69) is 10.2 Å². The van der Waals surface area contributed by atoms with Gasteiger partial charge in [0.2, 0.25) is 11.8 Å². The summed E-state index contributed by atoms with van der Waals surface area (Å²) in [6.45, 7) is 0. The fourth-order valence-electron chi connectivity index (χ4n) is 3.76. The molecule has 3 heterocycles. The molecule has 160 valence electrons. The molecule has 0 N–H and O–H groups in total. The lowest BCUT2D eigenvalue weighted by Gasteiger charge is -2.07. The Morgan fingerprint density at radius 1 is 1.19 bits per heavy atom. The van der Waals surface area contributed by atoms with Gasteiger partial charge in [-0.3, -0.25) is 9.36 Å². The molecule has 1 aliphatic rings. The predicted molar refractivity (Wildman–Crippen MR) is 119 cm³/mol. The van der Waals surface area contributed by atoms with Gasteiger partial charge in [0.1, 0.15) is 4.83 Å². The third-order valence-corrected chi connectivity index (χ3v) is 7.53. The number of benzene rings is 1. The van der Waals surface area contributed by atoms with E-state index < -0.39 is 0 Å². The molecule has 0 radical (unpaired) electrons. The maximum absolute atomic E-state index is 12.9. The molecule has 0 atom stereocenters. The number of hydrogen-bond acceptors (Lipinski definition) is 9. The molecule has 5 rings (SSSR count). The second-order valence-corrected chi connectivity index (χ2v) is 9.18. The van der Waals surface area contributed by atoms with Crippen LogP contribution < -0.4 is 15.0 Å². The van der Waals surface area contributed by atoms with Crippen molar-refractivity contribution < 1.29 is 13.9 Å². The summed E-state index contributed by atoms with van der Waals surface area (Å²) in [6.07, 6.45) is 3.14. The van der Waals surface area contributed by atoms with E-state index in [9.17, 15) is 4.79 Å². The van der Waals surface area contributed by atoms with Gasteiger partial charge in [0, 0.05) is 17.5 Å². The van der Waals surface area contributed by atoms with Gasteiger partial charge in [-0.25, -0.2) is 4.98 Å². The van der Waals surface area contributed by atoms with E-state index in [4.69, 9.17) is 18.9 Å². The number of aromatic nitrogens is 4. The zero-order valence-electron chi connectivity index (χ0n) is 17.3. The number of nitrogens with zero attached hydrogens (tertiary/aromatic N) is 4. The molecule has 4 aromatic rings. The van der Waals surface area contributed by atoms with Crippen molar-refractivity contribution in [3.05, 3.63) is 44.9 Å². The number of hydrogen-bond donors (Lipinski definition) is 0. The Balaban J connectivity index is 1.38. The number of ether oxygens (including phenoxy) is 2. The minimum Gasteiger partial charge on any atom is -0.493 e. The predicted octanol–water partition coefficient (Wildman–Crippen LogP) is 3.84. The van der Waals surface area contributed by atoms with Gasteiger partial charge in [-0.2, -0.15) is 0 Å². The lowest BCUT2D eigenvalue weighted by atomic mass is 10.2. The first-order valence-electron chi connectivity index (χ1n) is 9.78. The summed E-state index contributed by atoms with van der Waals surface area (Å²) in [6, 6.07) is 5.42. The largest absolute Gasteiger partial charge is 0.493 e. The van der Waals surface area contributed by atoms with Crippen LogP contribution in [0.1, 0.15) is 22.8 Å². The normalized spacial score (nSPS) is 13.0. The van der Waals surface area contributed by atoms with Crippen LogP contribution in [-0.2, 0) is 25.6 Å². The first-order valence-corrected chi connectivity index (χ1v) is 11.6. The van der Waals surface area contributed by atoms with Crippen molar-refractivity contribution in [3.63, 3.8) is 0 Å². The minimum absolute atomic E-state index is 0.0171. The lowest BCUT2D eigenvalue weighted by molar-refractivity contribution is 0.355. The fourth-order valence-corrected chi connectivity index (χ4v) is 5.87. The van der Waals surface area contributed by atoms with E-state index in [1.807, 2.05) is 6.07 Å². The molecule has 8 nitrogen and oxygen atoms in total. The number of thiophene rings is 1. The topological polar surface area (TPSA) is 92.3 Å². The Hall–Kier alpha value is -2.85. The summed E-state index contributed by atoms with van der Waals surface area (Å²) in [5.41, 5.74) is 1.95. The second-order valence-electron chi connectivity index (χ2n) is 7.16. The standard InChI is InChI=1S/C21H20N4O4S2/c1-25-20(26)17-12-5-4-6-15(12)31-19(17)22-21(25)30-10-16-23-24-18(29-16)11-7-8-13(27-2)14(9-11)28-3/h7-9H,4-6,10H2,1-3H3. The summed E-state index contributed by atoms with van der Waals surface area (Å²) < 4.78 is 18.0. The van der Waals surface area contributed by atoms with Crippen LogP contribution in [0.3, 0.4) is 0 Å². The fraction of sp³-hybridized carbons (Fsp3) is 0.333.